The predicted molar refractivity (Wildman–Crippen MR) is 80.9 cm³/mol. The number of benzene rings is 1. The summed E-state index contributed by atoms with van der Waals surface area (Å²) in [6.45, 7) is 2.17. The molecule has 0 aliphatic carbocycles. The van der Waals surface area contributed by atoms with E-state index in [9.17, 15) is 9.90 Å². The number of hydrogen-bond acceptors (Lipinski definition) is 2. The van der Waals surface area contributed by atoms with Crippen LogP contribution in [0, 0.1) is 0 Å². The van der Waals surface area contributed by atoms with Gasteiger partial charge in [0.15, 0.2) is 0 Å². The van der Waals surface area contributed by atoms with Crippen molar-refractivity contribution in [2.75, 3.05) is 6.61 Å². The maximum Gasteiger partial charge on any atom is 0.223 e. The summed E-state index contributed by atoms with van der Waals surface area (Å²) in [5.41, 5.74) is 3.26. The zero-order valence-electron chi connectivity index (χ0n) is 12.2. The van der Waals surface area contributed by atoms with Gasteiger partial charge in [-0.15, -0.1) is 0 Å². The van der Waals surface area contributed by atoms with Gasteiger partial charge in [0.2, 0.25) is 5.91 Å². The first-order chi connectivity index (χ1) is 10.1. The summed E-state index contributed by atoms with van der Waals surface area (Å²) in [5.74, 6) is 0.173. The molecule has 21 heavy (non-hydrogen) atoms. The average molecular weight is 284 g/mol. The number of nitrogens with one attached hydrogen (secondary N) is 1. The van der Waals surface area contributed by atoms with Crippen molar-refractivity contribution < 1.29 is 9.90 Å². The number of amides is 1. The normalized spacial score (nSPS) is 28.6. The van der Waals surface area contributed by atoms with Crippen LogP contribution in [0.2, 0.25) is 0 Å². The fraction of sp³-hybridized carbons (Fsp3) is 0.471. The summed E-state index contributed by atoms with van der Waals surface area (Å²) in [4.78, 5) is 17.9. The number of piperidine rings is 1. The van der Waals surface area contributed by atoms with Gasteiger partial charge in [0.05, 0.1) is 18.2 Å². The molecule has 2 aromatic rings. The molecule has 0 spiro atoms. The van der Waals surface area contributed by atoms with Crippen molar-refractivity contribution in [1.82, 2.24) is 9.88 Å². The van der Waals surface area contributed by atoms with E-state index >= 15 is 0 Å². The minimum absolute atomic E-state index is 0.0281. The van der Waals surface area contributed by atoms with Crippen molar-refractivity contribution in [1.29, 1.82) is 0 Å². The van der Waals surface area contributed by atoms with Gasteiger partial charge in [-0.3, -0.25) is 4.79 Å². The highest BCUT2D eigenvalue weighted by Crippen LogP contribution is 2.46. The Labute approximate surface area is 123 Å². The Morgan fingerprint density at radius 1 is 1.43 bits per heavy atom. The van der Waals surface area contributed by atoms with Crippen LogP contribution < -0.4 is 0 Å². The zero-order valence-corrected chi connectivity index (χ0v) is 12.2. The van der Waals surface area contributed by atoms with Crippen LogP contribution in [0.3, 0.4) is 0 Å². The lowest BCUT2D eigenvalue weighted by atomic mass is 9.77. The van der Waals surface area contributed by atoms with Crippen LogP contribution in [0.1, 0.15) is 37.4 Å². The predicted octanol–water partition coefficient (Wildman–Crippen LogP) is 2.31. The van der Waals surface area contributed by atoms with Gasteiger partial charge in [0, 0.05) is 23.0 Å². The summed E-state index contributed by atoms with van der Waals surface area (Å²) < 4.78 is 0. The van der Waals surface area contributed by atoms with Gasteiger partial charge in [-0.2, -0.15) is 0 Å². The van der Waals surface area contributed by atoms with Crippen LogP contribution in [0.4, 0.5) is 0 Å². The second-order valence-corrected chi connectivity index (χ2v) is 6.46. The van der Waals surface area contributed by atoms with Crippen molar-refractivity contribution in [3.05, 3.63) is 35.5 Å². The fourth-order valence-electron chi connectivity index (χ4n) is 4.30. The first-order valence-corrected chi connectivity index (χ1v) is 7.68. The minimum atomic E-state index is -0.310. The Kier molecular flexibility index (Phi) is 2.67. The topological polar surface area (TPSA) is 56.3 Å². The van der Waals surface area contributed by atoms with Crippen LogP contribution >= 0.6 is 0 Å². The Hall–Kier alpha value is -1.81. The lowest BCUT2D eigenvalue weighted by Crippen LogP contribution is -2.60. The molecule has 4 rings (SSSR count). The highest BCUT2D eigenvalue weighted by Gasteiger charge is 2.48. The molecule has 4 heteroatoms. The molecule has 0 bridgehead atoms. The van der Waals surface area contributed by atoms with Gasteiger partial charge < -0.3 is 15.0 Å². The molecular formula is C17H20N2O2. The molecule has 110 valence electrons. The first kappa shape index (κ1) is 12.9. The largest absolute Gasteiger partial charge is 0.394 e. The Morgan fingerprint density at radius 3 is 3.05 bits per heavy atom. The molecule has 2 aliphatic heterocycles. The van der Waals surface area contributed by atoms with Crippen molar-refractivity contribution in [2.24, 2.45) is 0 Å². The number of hydrogen-bond donors (Lipinski definition) is 2. The molecule has 0 saturated carbocycles. The van der Waals surface area contributed by atoms with E-state index in [-0.39, 0.29) is 24.1 Å². The molecule has 1 amide bonds. The van der Waals surface area contributed by atoms with E-state index in [0.717, 1.165) is 24.8 Å². The summed E-state index contributed by atoms with van der Waals surface area (Å²) in [6, 6.07) is 8.18. The van der Waals surface area contributed by atoms with Crippen LogP contribution in [0.15, 0.2) is 24.3 Å². The van der Waals surface area contributed by atoms with E-state index in [1.54, 1.807) is 0 Å². The lowest BCUT2D eigenvalue weighted by molar-refractivity contribution is -0.149. The van der Waals surface area contributed by atoms with Crippen molar-refractivity contribution in [2.45, 2.75) is 44.2 Å². The second-order valence-electron chi connectivity index (χ2n) is 6.46. The number of rotatable bonds is 1. The summed E-state index contributed by atoms with van der Waals surface area (Å²) in [7, 11) is 0. The third kappa shape index (κ3) is 1.62. The third-order valence-electron chi connectivity index (χ3n) is 5.22. The highest BCUT2D eigenvalue weighted by molar-refractivity contribution is 5.87. The Bertz CT molecular complexity index is 721. The molecule has 1 aromatic heterocycles. The monoisotopic (exact) mass is 284 g/mol. The molecule has 3 heterocycles. The second kappa shape index (κ2) is 4.34. The minimum Gasteiger partial charge on any atom is -0.394 e. The number of aromatic nitrogens is 1. The van der Waals surface area contributed by atoms with Crippen LogP contribution in [-0.2, 0) is 16.8 Å². The van der Waals surface area contributed by atoms with Gasteiger partial charge in [0.1, 0.15) is 0 Å². The molecule has 2 atom stereocenters. The van der Waals surface area contributed by atoms with Crippen molar-refractivity contribution in [3.8, 4) is 0 Å². The van der Waals surface area contributed by atoms with Crippen molar-refractivity contribution >= 4 is 16.8 Å². The van der Waals surface area contributed by atoms with E-state index in [1.807, 2.05) is 17.0 Å². The van der Waals surface area contributed by atoms with Crippen molar-refractivity contribution in [3.63, 3.8) is 0 Å². The number of carbonyl (C=O) groups is 1. The number of para-hydroxylation sites is 1. The van der Waals surface area contributed by atoms with E-state index in [4.69, 9.17) is 0 Å². The van der Waals surface area contributed by atoms with Crippen LogP contribution in [0.25, 0.3) is 10.9 Å². The molecule has 2 N–H and O–H groups in total. The Balaban J connectivity index is 1.97. The first-order valence-electron chi connectivity index (χ1n) is 7.68. The molecular weight excluding hydrogens is 264 g/mol. The number of aromatic amines is 1. The third-order valence-corrected chi connectivity index (χ3v) is 5.22. The summed E-state index contributed by atoms with van der Waals surface area (Å²) >= 11 is 0. The number of aliphatic hydroxyl groups excluding tert-OH is 1. The van der Waals surface area contributed by atoms with Gasteiger partial charge in [-0.1, -0.05) is 18.2 Å². The zero-order chi connectivity index (χ0) is 14.6. The van der Waals surface area contributed by atoms with Gasteiger partial charge in [-0.05, 0) is 37.8 Å². The summed E-state index contributed by atoms with van der Waals surface area (Å²) in [6.07, 6.45) is 3.20. The quantitative estimate of drug-likeness (QED) is 0.844. The van der Waals surface area contributed by atoms with Crippen LogP contribution in [0.5, 0.6) is 0 Å². The van der Waals surface area contributed by atoms with Crippen LogP contribution in [-0.4, -0.2) is 33.5 Å². The number of carbonyl (C=O) groups excluding carboxylic acids is 1. The number of aliphatic hydroxyl groups is 1. The van der Waals surface area contributed by atoms with Gasteiger partial charge in [-0.25, -0.2) is 0 Å². The van der Waals surface area contributed by atoms with E-state index in [2.05, 4.69) is 24.0 Å². The molecule has 1 fully saturated rings. The standard InChI is InChI=1S/C17H20N2O2/c1-17-8-4-7-15(21)19(17)11(10-20)9-13-12-5-2-3-6-14(12)18-16(13)17/h2-3,5-6,11,18,20H,4,7-10H2,1H3/t11-,17+/m0/s1. The SMILES string of the molecule is C[C@]12CCCC(=O)N1[C@H](CO)Cc1c2[nH]c2ccccc12. The molecule has 0 unspecified atom stereocenters. The average Bonchev–Trinajstić information content (AvgIpc) is 2.86. The Morgan fingerprint density at radius 2 is 2.24 bits per heavy atom. The maximum atomic E-state index is 12.4. The van der Waals surface area contributed by atoms with E-state index in [1.165, 1.54) is 16.6 Å². The van der Waals surface area contributed by atoms with Gasteiger partial charge in [0.25, 0.3) is 0 Å². The number of H-pyrrole nitrogens is 1. The van der Waals surface area contributed by atoms with E-state index < -0.39 is 0 Å². The maximum absolute atomic E-state index is 12.4. The molecule has 1 aromatic carbocycles. The smallest absolute Gasteiger partial charge is 0.223 e. The number of fused-ring (bicyclic) bond motifs is 5. The molecule has 2 aliphatic rings. The molecule has 0 radical (unpaired) electrons. The van der Waals surface area contributed by atoms with Gasteiger partial charge >= 0.3 is 0 Å². The number of nitrogens with zero attached hydrogens (tertiary/aromatic N) is 1. The highest BCUT2D eigenvalue weighted by atomic mass is 16.3. The fourth-order valence-corrected chi connectivity index (χ4v) is 4.30. The van der Waals surface area contributed by atoms with E-state index in [0.29, 0.717) is 6.42 Å². The summed E-state index contributed by atoms with van der Waals surface area (Å²) in [5, 5.41) is 11.0. The molecule has 4 nitrogen and oxygen atoms in total. The lowest BCUT2D eigenvalue weighted by Gasteiger charge is -2.51. The molecule has 1 saturated heterocycles.